The van der Waals surface area contributed by atoms with Gasteiger partial charge in [0.1, 0.15) is 5.75 Å². The van der Waals surface area contributed by atoms with Crippen molar-refractivity contribution in [2.24, 2.45) is 0 Å². The first-order valence-corrected chi connectivity index (χ1v) is 6.31. The van der Waals surface area contributed by atoms with Crippen molar-refractivity contribution < 1.29 is 17.9 Å². The fourth-order valence-electron chi connectivity index (χ4n) is 1.77. The van der Waals surface area contributed by atoms with Crippen LogP contribution in [0.2, 0.25) is 0 Å². The molecule has 1 heterocycles. The zero-order valence-electron chi connectivity index (χ0n) is 11.2. The zero-order chi connectivity index (χ0) is 14.4. The van der Waals surface area contributed by atoms with Gasteiger partial charge >= 0.3 is 6.18 Å². The van der Waals surface area contributed by atoms with Crippen LogP contribution in [0.15, 0.2) is 43.0 Å². The number of aromatic nitrogens is 2. The second-order valence-electron chi connectivity index (χ2n) is 4.38. The van der Waals surface area contributed by atoms with E-state index in [0.717, 1.165) is 31.5 Å². The third kappa shape index (κ3) is 5.67. The molecule has 1 aromatic heterocycles. The second-order valence-corrected chi connectivity index (χ2v) is 4.38. The number of benzene rings is 1. The van der Waals surface area contributed by atoms with E-state index in [1.807, 2.05) is 10.8 Å². The van der Waals surface area contributed by atoms with Crippen LogP contribution in [0.5, 0.6) is 5.75 Å². The average Bonchev–Trinajstić information content (AvgIpc) is 2.91. The highest BCUT2D eigenvalue weighted by Crippen LogP contribution is 2.31. The van der Waals surface area contributed by atoms with E-state index in [1.54, 1.807) is 12.5 Å². The quantitative estimate of drug-likeness (QED) is 0.746. The lowest BCUT2D eigenvalue weighted by Crippen LogP contribution is -2.06. The van der Waals surface area contributed by atoms with Crippen LogP contribution < -0.4 is 4.74 Å². The second kappa shape index (κ2) is 7.93. The largest absolute Gasteiger partial charge is 0.494 e. The summed E-state index contributed by atoms with van der Waals surface area (Å²) in [5.74, 6) is 0.252. The molecule has 2 aromatic rings. The molecule has 2 rings (SSSR count). The Bertz CT molecular complexity index is 529. The van der Waals surface area contributed by atoms with Crippen molar-refractivity contribution in [3.8, 4) is 5.75 Å². The fourth-order valence-corrected chi connectivity index (χ4v) is 1.77. The molecule has 0 amide bonds. The molecular formula is C14H16ClF3N2O. The molecule has 0 bridgehead atoms. The number of hydrogen-bond acceptors (Lipinski definition) is 2. The number of halogens is 4. The summed E-state index contributed by atoms with van der Waals surface area (Å²) < 4.78 is 44.8. The van der Waals surface area contributed by atoms with Crippen molar-refractivity contribution >= 4 is 12.4 Å². The number of ether oxygens (including phenoxy) is 1. The topological polar surface area (TPSA) is 27.1 Å². The third-order valence-electron chi connectivity index (χ3n) is 2.80. The van der Waals surface area contributed by atoms with Crippen molar-refractivity contribution in [2.45, 2.75) is 25.6 Å². The van der Waals surface area contributed by atoms with Gasteiger partial charge in [0.2, 0.25) is 0 Å². The van der Waals surface area contributed by atoms with Gasteiger partial charge in [0.15, 0.2) is 0 Å². The van der Waals surface area contributed by atoms with Crippen LogP contribution in [-0.4, -0.2) is 16.2 Å². The molecule has 7 heteroatoms. The number of nitrogens with zero attached hydrogens (tertiary/aromatic N) is 2. The minimum Gasteiger partial charge on any atom is -0.494 e. The van der Waals surface area contributed by atoms with E-state index >= 15 is 0 Å². The molecule has 3 nitrogen and oxygen atoms in total. The molecule has 0 unspecified atom stereocenters. The molecule has 0 aliphatic heterocycles. The van der Waals surface area contributed by atoms with Crippen LogP contribution in [0.4, 0.5) is 13.2 Å². The Balaban J connectivity index is 0.00000220. The first-order valence-electron chi connectivity index (χ1n) is 6.31. The Hall–Kier alpha value is -1.69. The van der Waals surface area contributed by atoms with Crippen LogP contribution in [0.25, 0.3) is 0 Å². The summed E-state index contributed by atoms with van der Waals surface area (Å²) in [6, 6.07) is 4.94. The van der Waals surface area contributed by atoms with E-state index < -0.39 is 11.7 Å². The predicted molar refractivity (Wildman–Crippen MR) is 75.6 cm³/mol. The molecule has 0 spiro atoms. The minimum atomic E-state index is -4.33. The monoisotopic (exact) mass is 320 g/mol. The van der Waals surface area contributed by atoms with Gasteiger partial charge in [0, 0.05) is 18.9 Å². The molecule has 1 aromatic carbocycles. The summed E-state index contributed by atoms with van der Waals surface area (Å²) in [5, 5.41) is 0. The molecule has 0 atom stereocenters. The van der Waals surface area contributed by atoms with Gasteiger partial charge in [0.05, 0.1) is 18.5 Å². The molecular weight excluding hydrogens is 305 g/mol. The van der Waals surface area contributed by atoms with E-state index in [-0.39, 0.29) is 18.2 Å². The summed E-state index contributed by atoms with van der Waals surface area (Å²) in [7, 11) is 0. The molecule has 0 radical (unpaired) electrons. The number of unbranched alkanes of at least 4 members (excludes halogenated alkanes) is 1. The SMILES string of the molecule is Cl.FC(F)(F)c1cccc(OCCCCn2ccnc2)c1. The van der Waals surface area contributed by atoms with Crippen molar-refractivity contribution in [1.29, 1.82) is 0 Å². The highest BCUT2D eigenvalue weighted by molar-refractivity contribution is 5.85. The van der Waals surface area contributed by atoms with Gasteiger partial charge in [-0.05, 0) is 31.0 Å². The van der Waals surface area contributed by atoms with Crippen molar-refractivity contribution in [3.05, 3.63) is 48.5 Å². The van der Waals surface area contributed by atoms with Crippen LogP contribution >= 0.6 is 12.4 Å². The van der Waals surface area contributed by atoms with E-state index in [9.17, 15) is 13.2 Å². The van der Waals surface area contributed by atoms with Gasteiger partial charge in [-0.3, -0.25) is 0 Å². The Kier molecular flexibility index (Phi) is 6.55. The van der Waals surface area contributed by atoms with Crippen molar-refractivity contribution in [2.75, 3.05) is 6.61 Å². The summed E-state index contributed by atoms with van der Waals surface area (Å²) in [4.78, 5) is 3.93. The molecule has 0 N–H and O–H groups in total. The molecule has 0 fully saturated rings. The average molecular weight is 321 g/mol. The maximum absolute atomic E-state index is 12.5. The van der Waals surface area contributed by atoms with Crippen LogP contribution in [0.3, 0.4) is 0 Å². The van der Waals surface area contributed by atoms with Gasteiger partial charge in [-0.25, -0.2) is 4.98 Å². The highest BCUT2D eigenvalue weighted by Gasteiger charge is 2.30. The first kappa shape index (κ1) is 17.4. The number of rotatable bonds is 6. The predicted octanol–water partition coefficient (Wildman–Crippen LogP) is 4.18. The Labute approximate surface area is 127 Å². The Morgan fingerprint density at radius 1 is 1.19 bits per heavy atom. The highest BCUT2D eigenvalue weighted by atomic mass is 35.5. The van der Waals surface area contributed by atoms with Crippen LogP contribution in [-0.2, 0) is 12.7 Å². The van der Waals surface area contributed by atoms with Gasteiger partial charge < -0.3 is 9.30 Å². The molecule has 0 aliphatic rings. The van der Waals surface area contributed by atoms with Crippen LogP contribution in [0.1, 0.15) is 18.4 Å². The molecule has 116 valence electrons. The van der Waals surface area contributed by atoms with Gasteiger partial charge in [-0.1, -0.05) is 6.07 Å². The standard InChI is InChI=1S/C14H15F3N2O.ClH/c15-14(16,17)12-4-3-5-13(10-12)20-9-2-1-7-19-8-6-18-11-19;/h3-6,8,10-11H,1-2,7,9H2;1H. The summed E-state index contributed by atoms with van der Waals surface area (Å²) in [6.07, 6.45) is 2.63. The van der Waals surface area contributed by atoms with Crippen molar-refractivity contribution in [1.82, 2.24) is 9.55 Å². The van der Waals surface area contributed by atoms with Gasteiger partial charge in [-0.15, -0.1) is 12.4 Å². The number of imidazole rings is 1. The Morgan fingerprint density at radius 2 is 2.00 bits per heavy atom. The minimum absolute atomic E-state index is 0. The maximum atomic E-state index is 12.5. The van der Waals surface area contributed by atoms with E-state index in [0.29, 0.717) is 6.61 Å². The van der Waals surface area contributed by atoms with Crippen LogP contribution in [0, 0.1) is 0 Å². The zero-order valence-corrected chi connectivity index (χ0v) is 12.0. The van der Waals surface area contributed by atoms with Gasteiger partial charge in [0.25, 0.3) is 0 Å². The lowest BCUT2D eigenvalue weighted by Gasteiger charge is -2.10. The van der Waals surface area contributed by atoms with E-state index in [2.05, 4.69) is 4.98 Å². The van der Waals surface area contributed by atoms with Crippen molar-refractivity contribution in [3.63, 3.8) is 0 Å². The van der Waals surface area contributed by atoms with Gasteiger partial charge in [-0.2, -0.15) is 13.2 Å². The smallest absolute Gasteiger partial charge is 0.416 e. The van der Waals surface area contributed by atoms with E-state index in [1.165, 1.54) is 12.1 Å². The number of hydrogen-bond donors (Lipinski definition) is 0. The number of aryl methyl sites for hydroxylation is 1. The Morgan fingerprint density at radius 3 is 2.67 bits per heavy atom. The summed E-state index contributed by atoms with van der Waals surface area (Å²) in [5.41, 5.74) is -0.687. The normalized spacial score (nSPS) is 11.0. The molecule has 0 saturated carbocycles. The third-order valence-corrected chi connectivity index (χ3v) is 2.80. The number of alkyl halides is 3. The maximum Gasteiger partial charge on any atom is 0.416 e. The summed E-state index contributed by atoms with van der Waals surface area (Å²) in [6.45, 7) is 1.22. The molecule has 0 aliphatic carbocycles. The molecule has 21 heavy (non-hydrogen) atoms. The molecule has 0 saturated heterocycles. The first-order chi connectivity index (χ1) is 9.55. The lowest BCUT2D eigenvalue weighted by atomic mass is 10.2. The summed E-state index contributed by atoms with van der Waals surface area (Å²) >= 11 is 0. The van der Waals surface area contributed by atoms with E-state index in [4.69, 9.17) is 4.74 Å². The lowest BCUT2D eigenvalue weighted by molar-refractivity contribution is -0.137. The fraction of sp³-hybridized carbons (Fsp3) is 0.357.